The summed E-state index contributed by atoms with van der Waals surface area (Å²) in [6.07, 6.45) is 3.66. The number of fused-ring (bicyclic) bond motifs is 2. The average molecular weight is 293 g/mol. The number of hydrogen-bond acceptors (Lipinski definition) is 5. The van der Waals surface area contributed by atoms with Gasteiger partial charge in [-0.05, 0) is 24.3 Å². The highest BCUT2D eigenvalue weighted by atomic mass is 15.2. The van der Waals surface area contributed by atoms with Crippen LogP contribution >= 0.6 is 0 Å². The van der Waals surface area contributed by atoms with E-state index in [4.69, 9.17) is 0 Å². The molecule has 0 bridgehead atoms. The van der Waals surface area contributed by atoms with Crippen molar-refractivity contribution in [3.05, 3.63) is 36.7 Å². The van der Waals surface area contributed by atoms with Gasteiger partial charge >= 0.3 is 0 Å². The van der Waals surface area contributed by atoms with Gasteiger partial charge in [-0.25, -0.2) is 0 Å². The van der Waals surface area contributed by atoms with Crippen LogP contribution in [-0.4, -0.2) is 39.2 Å². The minimum Gasteiger partial charge on any atom is -0.362 e. The summed E-state index contributed by atoms with van der Waals surface area (Å²) in [5.74, 6) is 1.42. The lowest BCUT2D eigenvalue weighted by molar-refractivity contribution is 1.06. The zero-order chi connectivity index (χ0) is 15.1. The Kier molecular flexibility index (Phi) is 2.72. The maximum Gasteiger partial charge on any atom is 0.231 e. The van der Waals surface area contributed by atoms with Crippen LogP contribution in [0.25, 0.3) is 21.9 Å². The van der Waals surface area contributed by atoms with Crippen molar-refractivity contribution in [2.24, 2.45) is 0 Å². The fourth-order valence-corrected chi connectivity index (χ4v) is 2.47. The molecule has 3 N–H and O–H groups in total. The lowest BCUT2D eigenvalue weighted by atomic mass is 10.2. The fourth-order valence-electron chi connectivity index (χ4n) is 2.47. The Bertz CT molecular complexity index is 951. The molecule has 22 heavy (non-hydrogen) atoms. The molecule has 110 valence electrons. The van der Waals surface area contributed by atoms with E-state index >= 15 is 0 Å². The molecule has 7 heteroatoms. The molecule has 3 aromatic heterocycles. The van der Waals surface area contributed by atoms with E-state index in [1.807, 2.05) is 49.5 Å². The van der Waals surface area contributed by atoms with E-state index in [9.17, 15) is 0 Å². The first kappa shape index (κ1) is 12.6. The average Bonchev–Trinajstić information content (AvgIpc) is 3.13. The van der Waals surface area contributed by atoms with Gasteiger partial charge in [-0.2, -0.15) is 15.1 Å². The van der Waals surface area contributed by atoms with E-state index in [0.29, 0.717) is 5.95 Å². The van der Waals surface area contributed by atoms with E-state index in [2.05, 4.69) is 30.5 Å². The normalized spacial score (nSPS) is 11.2. The van der Waals surface area contributed by atoms with Gasteiger partial charge in [0.1, 0.15) is 11.5 Å². The van der Waals surface area contributed by atoms with Crippen LogP contribution in [0.4, 0.5) is 17.5 Å². The molecule has 7 nitrogen and oxygen atoms in total. The van der Waals surface area contributed by atoms with Crippen LogP contribution in [0.2, 0.25) is 0 Å². The largest absolute Gasteiger partial charge is 0.362 e. The molecule has 0 aliphatic carbocycles. The van der Waals surface area contributed by atoms with Crippen LogP contribution < -0.4 is 10.2 Å². The first-order valence-corrected chi connectivity index (χ1v) is 6.93. The lowest BCUT2D eigenvalue weighted by Crippen LogP contribution is -2.12. The second-order valence-electron chi connectivity index (χ2n) is 5.30. The summed E-state index contributed by atoms with van der Waals surface area (Å²) in [7, 11) is 3.93. The minimum absolute atomic E-state index is 0.553. The Morgan fingerprint density at radius 2 is 2.05 bits per heavy atom. The van der Waals surface area contributed by atoms with Crippen molar-refractivity contribution < 1.29 is 0 Å². The monoisotopic (exact) mass is 293 g/mol. The summed E-state index contributed by atoms with van der Waals surface area (Å²) in [6.45, 7) is 0. The zero-order valence-electron chi connectivity index (χ0n) is 12.3. The van der Waals surface area contributed by atoms with Gasteiger partial charge in [-0.3, -0.25) is 5.10 Å². The number of aromatic nitrogens is 5. The highest BCUT2D eigenvalue weighted by Crippen LogP contribution is 2.25. The number of benzene rings is 1. The summed E-state index contributed by atoms with van der Waals surface area (Å²) in [4.78, 5) is 14.2. The highest BCUT2D eigenvalue weighted by molar-refractivity contribution is 5.89. The second-order valence-corrected chi connectivity index (χ2v) is 5.30. The molecule has 0 spiro atoms. The SMILES string of the molecule is CN(C)c1nc(Nc2ccc3cn[nH]c3c2)nc2[nH]ccc12. The maximum atomic E-state index is 4.59. The molecule has 1 aromatic carbocycles. The first-order valence-electron chi connectivity index (χ1n) is 6.93. The van der Waals surface area contributed by atoms with Crippen molar-refractivity contribution in [1.82, 2.24) is 25.1 Å². The molecule has 4 aromatic rings. The van der Waals surface area contributed by atoms with Gasteiger partial charge in [0.25, 0.3) is 0 Å². The van der Waals surface area contributed by atoms with Crippen LogP contribution in [0.1, 0.15) is 0 Å². The summed E-state index contributed by atoms with van der Waals surface area (Å²) in [5.41, 5.74) is 2.69. The molecular weight excluding hydrogens is 278 g/mol. The van der Waals surface area contributed by atoms with Crippen molar-refractivity contribution >= 4 is 39.4 Å². The van der Waals surface area contributed by atoms with Crippen molar-refractivity contribution in [3.8, 4) is 0 Å². The Balaban J connectivity index is 1.76. The lowest BCUT2D eigenvalue weighted by Gasteiger charge is -2.14. The quantitative estimate of drug-likeness (QED) is 0.540. The van der Waals surface area contributed by atoms with Crippen LogP contribution in [0.5, 0.6) is 0 Å². The maximum absolute atomic E-state index is 4.59. The molecule has 0 saturated heterocycles. The van der Waals surface area contributed by atoms with E-state index in [-0.39, 0.29) is 0 Å². The van der Waals surface area contributed by atoms with Crippen LogP contribution in [0.3, 0.4) is 0 Å². The van der Waals surface area contributed by atoms with Crippen molar-refractivity contribution in [1.29, 1.82) is 0 Å². The number of anilines is 3. The molecule has 0 atom stereocenters. The number of rotatable bonds is 3. The predicted molar refractivity (Wildman–Crippen MR) is 87.6 cm³/mol. The van der Waals surface area contributed by atoms with Crippen LogP contribution in [0.15, 0.2) is 36.7 Å². The standard InChI is InChI=1S/C15H15N7/c1-22(2)14-11-5-6-16-13(11)19-15(20-14)18-10-4-3-9-8-17-21-12(9)7-10/h3-8H,1-2H3,(H,17,21)(H2,16,18,19,20). The molecule has 0 aliphatic rings. The van der Waals surface area contributed by atoms with E-state index in [0.717, 1.165) is 33.4 Å². The van der Waals surface area contributed by atoms with Gasteiger partial charge in [0.15, 0.2) is 0 Å². The van der Waals surface area contributed by atoms with Crippen molar-refractivity contribution in [2.75, 3.05) is 24.3 Å². The highest BCUT2D eigenvalue weighted by Gasteiger charge is 2.10. The van der Waals surface area contributed by atoms with Crippen molar-refractivity contribution in [3.63, 3.8) is 0 Å². The van der Waals surface area contributed by atoms with Gasteiger partial charge in [0.05, 0.1) is 17.1 Å². The molecule has 0 amide bonds. The van der Waals surface area contributed by atoms with E-state index in [1.165, 1.54) is 0 Å². The minimum atomic E-state index is 0.553. The molecule has 3 heterocycles. The van der Waals surface area contributed by atoms with Gasteiger partial charge in [-0.15, -0.1) is 0 Å². The van der Waals surface area contributed by atoms with Gasteiger partial charge < -0.3 is 15.2 Å². The molecular formula is C15H15N7. The molecule has 0 radical (unpaired) electrons. The first-order chi connectivity index (χ1) is 10.7. The van der Waals surface area contributed by atoms with Gasteiger partial charge in [-0.1, -0.05) is 0 Å². The molecule has 0 aliphatic heterocycles. The Morgan fingerprint density at radius 3 is 2.91 bits per heavy atom. The molecule has 0 unspecified atom stereocenters. The topological polar surface area (TPSA) is 85.5 Å². The van der Waals surface area contributed by atoms with E-state index in [1.54, 1.807) is 6.20 Å². The van der Waals surface area contributed by atoms with Crippen molar-refractivity contribution in [2.45, 2.75) is 0 Å². The number of hydrogen-bond donors (Lipinski definition) is 3. The molecule has 0 saturated carbocycles. The Labute approximate surface area is 126 Å². The number of H-pyrrole nitrogens is 2. The molecule has 4 rings (SSSR count). The molecule has 0 fully saturated rings. The third-order valence-electron chi connectivity index (χ3n) is 3.52. The fraction of sp³-hybridized carbons (Fsp3) is 0.133. The summed E-state index contributed by atoms with van der Waals surface area (Å²) < 4.78 is 0. The Morgan fingerprint density at radius 1 is 1.14 bits per heavy atom. The van der Waals surface area contributed by atoms with Crippen LogP contribution in [0, 0.1) is 0 Å². The predicted octanol–water partition coefficient (Wildman–Crippen LogP) is 2.64. The summed E-state index contributed by atoms with van der Waals surface area (Å²) in [5, 5.41) is 12.3. The third kappa shape index (κ3) is 2.03. The smallest absolute Gasteiger partial charge is 0.231 e. The zero-order valence-corrected chi connectivity index (χ0v) is 12.3. The van der Waals surface area contributed by atoms with Gasteiger partial charge in [0.2, 0.25) is 5.95 Å². The van der Waals surface area contributed by atoms with Crippen LogP contribution in [-0.2, 0) is 0 Å². The summed E-state index contributed by atoms with van der Waals surface area (Å²) >= 11 is 0. The number of aromatic amines is 2. The Hall–Kier alpha value is -3.09. The third-order valence-corrected chi connectivity index (χ3v) is 3.52. The summed E-state index contributed by atoms with van der Waals surface area (Å²) in [6, 6.07) is 7.95. The van der Waals surface area contributed by atoms with Gasteiger partial charge in [0, 0.05) is 31.4 Å². The van der Waals surface area contributed by atoms with E-state index < -0.39 is 0 Å². The second kappa shape index (κ2) is 4.73. The number of nitrogens with zero attached hydrogens (tertiary/aromatic N) is 4. The number of nitrogens with one attached hydrogen (secondary N) is 3.